The number of hydrogen-bond acceptors (Lipinski definition) is 7. The molecule has 11 heteroatoms. The molecule has 0 spiro atoms. The first-order chi connectivity index (χ1) is 16.5. The quantitative estimate of drug-likeness (QED) is 0.316. The minimum atomic E-state index is -0.772. The van der Waals surface area contributed by atoms with Crippen LogP contribution >= 0.6 is 11.3 Å². The topological polar surface area (TPSA) is 140 Å². The predicted molar refractivity (Wildman–Crippen MR) is 131 cm³/mol. The number of anilines is 2. The molecule has 180 valence electrons. The molecule has 1 aromatic carbocycles. The van der Waals surface area contributed by atoms with Gasteiger partial charge in [0.2, 0.25) is 5.91 Å². The van der Waals surface area contributed by atoms with E-state index in [1.165, 1.54) is 29.0 Å². The molecule has 1 aromatic heterocycles. The first-order valence-corrected chi connectivity index (χ1v) is 11.2. The molecule has 0 saturated carbocycles. The third kappa shape index (κ3) is 7.04. The van der Waals surface area contributed by atoms with Gasteiger partial charge in [-0.05, 0) is 25.1 Å². The largest absolute Gasteiger partial charge is 0.355 e. The summed E-state index contributed by atoms with van der Waals surface area (Å²) in [5, 5.41) is 25.5. The van der Waals surface area contributed by atoms with Crippen LogP contribution < -0.4 is 30.7 Å². The lowest BCUT2D eigenvalue weighted by Crippen LogP contribution is -2.30. The summed E-state index contributed by atoms with van der Waals surface area (Å²) < 4.78 is 15.9. The summed E-state index contributed by atoms with van der Waals surface area (Å²) in [5.41, 5.74) is 4.42. The van der Waals surface area contributed by atoms with Crippen molar-refractivity contribution in [1.29, 1.82) is 10.5 Å². The molecule has 35 heavy (non-hydrogen) atoms. The highest BCUT2D eigenvalue weighted by Gasteiger charge is 2.22. The number of thiazole rings is 1. The third-order valence-corrected chi connectivity index (χ3v) is 5.45. The van der Waals surface area contributed by atoms with E-state index in [0.717, 1.165) is 11.3 Å². The number of rotatable bonds is 6. The van der Waals surface area contributed by atoms with Crippen LogP contribution in [0.4, 0.5) is 15.8 Å². The highest BCUT2D eigenvalue weighted by molar-refractivity contribution is 7.07. The number of nitrogens with one attached hydrogen (secondary N) is 3. The summed E-state index contributed by atoms with van der Waals surface area (Å²) in [6, 6.07) is 7.52. The summed E-state index contributed by atoms with van der Waals surface area (Å²) in [4.78, 5) is 36.8. The van der Waals surface area contributed by atoms with Crippen molar-refractivity contribution in [1.82, 2.24) is 9.88 Å². The molecule has 0 fully saturated rings. The number of nitriles is 2. The van der Waals surface area contributed by atoms with Gasteiger partial charge in [-0.2, -0.15) is 10.5 Å². The van der Waals surface area contributed by atoms with E-state index >= 15 is 0 Å². The number of benzene rings is 1. The van der Waals surface area contributed by atoms with Gasteiger partial charge in [0, 0.05) is 23.8 Å². The molecule has 9 nitrogen and oxygen atoms in total. The normalized spacial score (nSPS) is 10.1. The molecule has 2 rings (SSSR count). The average Bonchev–Trinajstić information content (AvgIpc) is 3.11. The molecule has 2 aromatic rings. The smallest absolute Gasteiger partial charge is 0.277 e. The number of amides is 2. The Balaban J connectivity index is 2.46. The monoisotopic (exact) mass is 494 g/mol. The van der Waals surface area contributed by atoms with E-state index in [1.54, 1.807) is 39.8 Å². The van der Waals surface area contributed by atoms with Gasteiger partial charge in [0.25, 0.3) is 11.5 Å². The first-order valence-electron chi connectivity index (χ1n) is 10.4. The Morgan fingerprint density at radius 3 is 2.57 bits per heavy atom. The van der Waals surface area contributed by atoms with Crippen LogP contribution in [0.15, 0.2) is 34.8 Å². The Labute approximate surface area is 204 Å². The lowest BCUT2D eigenvalue weighted by atomic mass is 9.95. The zero-order valence-electron chi connectivity index (χ0n) is 19.6. The molecule has 2 amide bonds. The second-order valence-corrected chi connectivity index (χ2v) is 9.07. The molecule has 0 atom stereocenters. The summed E-state index contributed by atoms with van der Waals surface area (Å²) in [5.74, 6) is -1.71. The Bertz CT molecular complexity index is 1490. The van der Waals surface area contributed by atoms with Crippen LogP contribution in [0.1, 0.15) is 27.7 Å². The molecule has 0 aliphatic carbocycles. The van der Waals surface area contributed by atoms with E-state index in [-0.39, 0.29) is 39.5 Å². The van der Waals surface area contributed by atoms with Gasteiger partial charge in [-0.1, -0.05) is 43.6 Å². The zero-order chi connectivity index (χ0) is 26.2. The van der Waals surface area contributed by atoms with Gasteiger partial charge in [0.05, 0.1) is 11.8 Å². The fourth-order valence-corrected chi connectivity index (χ4v) is 3.52. The summed E-state index contributed by atoms with van der Waals surface area (Å²) in [6.45, 7) is 6.85. The average molecular weight is 495 g/mol. The fourth-order valence-electron chi connectivity index (χ4n) is 2.54. The molecule has 0 saturated heterocycles. The number of carbonyl (C=O) groups is 2. The summed E-state index contributed by atoms with van der Waals surface area (Å²) in [6.07, 6.45) is 1.36. The second kappa shape index (κ2) is 11.6. The predicted octanol–water partition coefficient (Wildman–Crippen LogP) is 1.53. The lowest BCUT2D eigenvalue weighted by Gasteiger charge is -2.18. The minimum Gasteiger partial charge on any atom is -0.355 e. The Morgan fingerprint density at radius 1 is 1.26 bits per heavy atom. The van der Waals surface area contributed by atoms with Gasteiger partial charge in [0.15, 0.2) is 5.57 Å². The highest BCUT2D eigenvalue weighted by Crippen LogP contribution is 2.23. The van der Waals surface area contributed by atoms with Crippen LogP contribution in [-0.2, 0) is 16.1 Å². The molecular weight excluding hydrogens is 471 g/mol. The van der Waals surface area contributed by atoms with Crippen LogP contribution in [-0.4, -0.2) is 22.9 Å². The van der Waals surface area contributed by atoms with Crippen molar-refractivity contribution in [2.75, 3.05) is 17.2 Å². The molecule has 1 heterocycles. The van der Waals surface area contributed by atoms with E-state index in [1.807, 2.05) is 0 Å². The van der Waals surface area contributed by atoms with Crippen LogP contribution in [0.2, 0.25) is 0 Å². The van der Waals surface area contributed by atoms with Gasteiger partial charge >= 0.3 is 0 Å². The molecule has 0 unspecified atom stereocenters. The molecular formula is C24H23FN6O3S. The van der Waals surface area contributed by atoms with E-state index < -0.39 is 22.7 Å². The number of aromatic nitrogens is 1. The van der Waals surface area contributed by atoms with E-state index in [0.29, 0.717) is 5.69 Å². The van der Waals surface area contributed by atoms with Crippen LogP contribution in [0.5, 0.6) is 0 Å². The van der Waals surface area contributed by atoms with Crippen LogP contribution in [0, 0.1) is 33.9 Å². The number of nitrogens with zero attached hydrogens (tertiary/aromatic N) is 3. The summed E-state index contributed by atoms with van der Waals surface area (Å²) >= 11 is 0.971. The molecule has 0 bridgehead atoms. The van der Waals surface area contributed by atoms with Crippen molar-refractivity contribution in [2.24, 2.45) is 5.41 Å². The Hall–Kier alpha value is -4.40. The lowest BCUT2D eigenvalue weighted by molar-refractivity contribution is -0.123. The number of carbonyl (C=O) groups excluding carboxylic acids is 2. The molecule has 0 radical (unpaired) electrons. The standard InChI is InChI=1S/C24H23FN6O3S/c1-5-31-20(12-15(14-27)21(32)29-11-9-26)35-19(22(31)33)8-10-28-16-6-7-17(25)18(13-16)30-23(34)24(2,3)4/h6-7,10,13,28H,5,11H2,1-4H3,(H,29,32)(H,30,34). The fraction of sp³-hybridized carbons (Fsp3) is 0.292. The second-order valence-electron chi connectivity index (χ2n) is 8.07. The van der Waals surface area contributed by atoms with E-state index in [2.05, 4.69) is 27.4 Å². The van der Waals surface area contributed by atoms with Crippen molar-refractivity contribution in [3.8, 4) is 12.1 Å². The Morgan fingerprint density at radius 2 is 1.97 bits per heavy atom. The maximum absolute atomic E-state index is 14.1. The van der Waals surface area contributed by atoms with Crippen molar-refractivity contribution in [2.45, 2.75) is 34.2 Å². The molecule has 3 N–H and O–H groups in total. The van der Waals surface area contributed by atoms with Crippen LogP contribution in [0.3, 0.4) is 0 Å². The SMILES string of the molecule is CCn1c(=C=C(C#N)C(=O)NCC#N)sc(=C=CNc2ccc(F)c(NC(=O)C(C)(C)C)c2)c1=O. The summed E-state index contributed by atoms with van der Waals surface area (Å²) in [7, 11) is 0. The number of hydrogen-bond donors (Lipinski definition) is 3. The Kier molecular flexibility index (Phi) is 8.93. The van der Waals surface area contributed by atoms with Crippen molar-refractivity contribution >= 4 is 46.0 Å². The van der Waals surface area contributed by atoms with Gasteiger partial charge in [0.1, 0.15) is 27.6 Å². The third-order valence-electron chi connectivity index (χ3n) is 4.44. The van der Waals surface area contributed by atoms with Gasteiger partial charge < -0.3 is 16.0 Å². The highest BCUT2D eigenvalue weighted by atomic mass is 32.1. The molecule has 0 aliphatic rings. The van der Waals surface area contributed by atoms with E-state index in [4.69, 9.17) is 5.26 Å². The number of halogens is 1. The van der Waals surface area contributed by atoms with Gasteiger partial charge in [-0.25, -0.2) is 4.39 Å². The van der Waals surface area contributed by atoms with Crippen molar-refractivity contribution < 1.29 is 14.0 Å². The first kappa shape index (κ1) is 26.8. The van der Waals surface area contributed by atoms with Gasteiger partial charge in [-0.15, -0.1) is 0 Å². The maximum Gasteiger partial charge on any atom is 0.277 e. The minimum absolute atomic E-state index is 0.00789. The maximum atomic E-state index is 14.1. The van der Waals surface area contributed by atoms with Crippen molar-refractivity contribution in [3.63, 3.8) is 0 Å². The molecule has 0 aliphatic heterocycles. The zero-order valence-corrected chi connectivity index (χ0v) is 20.4. The van der Waals surface area contributed by atoms with Gasteiger partial charge in [-0.3, -0.25) is 19.0 Å². The van der Waals surface area contributed by atoms with Crippen molar-refractivity contribution in [3.05, 3.63) is 55.3 Å². The van der Waals surface area contributed by atoms with Crippen LogP contribution in [0.25, 0.3) is 11.5 Å². The van der Waals surface area contributed by atoms with E-state index in [9.17, 15) is 24.0 Å².